The van der Waals surface area contributed by atoms with Crippen molar-refractivity contribution in [2.75, 3.05) is 5.32 Å². The molecule has 21 nitrogen and oxygen atoms in total. The molecule has 256 valence electrons. The number of fused-ring (bicyclic) bond motifs is 1. The fourth-order valence-corrected chi connectivity index (χ4v) is 5.28. The maximum absolute atomic E-state index is 15.6. The topological polar surface area (TPSA) is 354 Å². The Hall–Kier alpha value is -3.82. The molecule has 3 amide bonds. The van der Waals surface area contributed by atoms with E-state index in [1.54, 1.807) is 0 Å². The molecule has 1 atom stereocenters. The first-order valence-electron chi connectivity index (χ1n) is 13.0. The minimum absolute atomic E-state index is 0.0122. The summed E-state index contributed by atoms with van der Waals surface area (Å²) in [6.45, 7) is -2.64. The van der Waals surface area contributed by atoms with Gasteiger partial charge in [0.05, 0.1) is 6.54 Å². The second kappa shape index (κ2) is 10.3. The van der Waals surface area contributed by atoms with Gasteiger partial charge in [-0.15, -0.1) is 0 Å². The van der Waals surface area contributed by atoms with Crippen molar-refractivity contribution in [2.24, 2.45) is 0 Å². The van der Waals surface area contributed by atoms with Crippen LogP contribution < -0.4 is 10.6 Å². The number of hydrogen-bond donors (Lipinski definition) is 15. The van der Waals surface area contributed by atoms with E-state index >= 15 is 4.39 Å². The second-order valence-corrected chi connectivity index (χ2v) is 10.9. The SMILES string of the molecule is O=C1c2cccc(NCc3cccc(CN4C(O)(O)C(O)(O)OC(O)(O)C4(O)O)c3F)c2CN1C1(O)C(=O)NC(=O)C(O)(O)C1(O)O. The lowest BCUT2D eigenvalue weighted by molar-refractivity contribution is -0.659. The maximum atomic E-state index is 15.6. The van der Waals surface area contributed by atoms with Crippen LogP contribution in [-0.2, 0) is 34.0 Å². The average molecular weight is 675 g/mol. The minimum atomic E-state index is -4.34. The predicted octanol–water partition coefficient (Wildman–Crippen LogP) is -7.51. The largest absolute Gasteiger partial charge is 0.381 e. The number of aliphatic hydroxyl groups is 13. The van der Waals surface area contributed by atoms with Crippen molar-refractivity contribution in [1.29, 1.82) is 0 Å². The molecule has 0 aromatic heterocycles. The van der Waals surface area contributed by atoms with E-state index < -0.39 is 94.7 Å². The summed E-state index contributed by atoms with van der Waals surface area (Å²) in [6.07, 6.45) is 0. The molecule has 15 N–H and O–H groups in total. The van der Waals surface area contributed by atoms with E-state index in [4.69, 9.17) is 0 Å². The van der Waals surface area contributed by atoms with Crippen molar-refractivity contribution in [1.82, 2.24) is 15.1 Å². The molecule has 0 spiro atoms. The summed E-state index contributed by atoms with van der Waals surface area (Å²) in [5, 5.41) is 135. The third-order valence-electron chi connectivity index (χ3n) is 8.06. The van der Waals surface area contributed by atoms with Gasteiger partial charge in [0.2, 0.25) is 0 Å². The highest BCUT2D eigenvalue weighted by Crippen LogP contribution is 2.44. The molecular formula is C25H27FN4O17. The fourth-order valence-electron chi connectivity index (χ4n) is 5.28. The number of carbonyl (C=O) groups excluding carboxylic acids is 3. The van der Waals surface area contributed by atoms with Gasteiger partial charge in [-0.2, -0.15) is 4.90 Å². The van der Waals surface area contributed by atoms with E-state index in [1.165, 1.54) is 35.6 Å². The van der Waals surface area contributed by atoms with E-state index in [2.05, 4.69) is 10.1 Å². The molecule has 2 aromatic carbocycles. The van der Waals surface area contributed by atoms with Crippen molar-refractivity contribution >= 4 is 23.4 Å². The van der Waals surface area contributed by atoms with Crippen molar-refractivity contribution in [2.45, 2.75) is 60.7 Å². The number of anilines is 1. The molecule has 0 radical (unpaired) electrons. The highest BCUT2D eigenvalue weighted by Gasteiger charge is 2.77. The Morgan fingerprint density at radius 1 is 0.787 bits per heavy atom. The van der Waals surface area contributed by atoms with Gasteiger partial charge in [0.15, 0.2) is 0 Å². The number of rotatable bonds is 6. The Morgan fingerprint density at radius 3 is 1.94 bits per heavy atom. The van der Waals surface area contributed by atoms with Crippen LogP contribution >= 0.6 is 0 Å². The summed E-state index contributed by atoms with van der Waals surface area (Å²) < 4.78 is 19.4. The van der Waals surface area contributed by atoms with Gasteiger partial charge in [-0.05, 0) is 12.1 Å². The van der Waals surface area contributed by atoms with Gasteiger partial charge in [-0.1, -0.05) is 24.3 Å². The second-order valence-electron chi connectivity index (χ2n) is 10.9. The van der Waals surface area contributed by atoms with E-state index in [0.29, 0.717) is 0 Å². The van der Waals surface area contributed by atoms with Gasteiger partial charge in [0.1, 0.15) is 5.82 Å². The van der Waals surface area contributed by atoms with Crippen molar-refractivity contribution in [3.05, 3.63) is 64.5 Å². The van der Waals surface area contributed by atoms with Crippen molar-refractivity contribution < 1.29 is 89.9 Å². The number of piperidine rings is 1. The Kier molecular flexibility index (Phi) is 7.59. The number of hydrogen-bond acceptors (Lipinski definition) is 19. The summed E-state index contributed by atoms with van der Waals surface area (Å²) in [4.78, 5) is 37.2. The normalized spacial score (nSPS) is 26.9. The Labute approximate surface area is 259 Å². The van der Waals surface area contributed by atoms with Gasteiger partial charge in [-0.25, -0.2) is 4.39 Å². The number of nitrogens with zero attached hydrogens (tertiary/aromatic N) is 2. The summed E-state index contributed by atoms with van der Waals surface area (Å²) in [5.74, 6) is -31.7. The summed E-state index contributed by atoms with van der Waals surface area (Å²) in [7, 11) is 0. The molecule has 3 heterocycles. The standard InChI is InChI=1S/C25H27FN4O17/c26-15-10(3-1-4-11(15)8-30-22(39,40)24(43,44)47-25(45,46)23(30,41)42)7-27-14-6-2-5-12-13(14)9-29(16(12)31)19(34)17(32)28-18(33)20(35,36)21(19,37)38/h1-6,27,34-46H,7-9H2,(H,28,32,33). The van der Waals surface area contributed by atoms with Crippen LogP contribution in [0.5, 0.6) is 0 Å². The zero-order valence-corrected chi connectivity index (χ0v) is 23.3. The maximum Gasteiger partial charge on any atom is 0.356 e. The van der Waals surface area contributed by atoms with Crippen LogP contribution in [0.15, 0.2) is 36.4 Å². The van der Waals surface area contributed by atoms with Gasteiger partial charge in [-0.3, -0.25) is 29.3 Å². The predicted molar refractivity (Wildman–Crippen MR) is 138 cm³/mol. The molecule has 22 heteroatoms. The number of carbonyl (C=O) groups is 3. The number of ether oxygens (including phenoxy) is 1. The van der Waals surface area contributed by atoms with Crippen LogP contribution in [0.2, 0.25) is 0 Å². The number of benzene rings is 2. The molecule has 2 saturated heterocycles. The van der Waals surface area contributed by atoms with Gasteiger partial charge in [0.25, 0.3) is 29.2 Å². The Balaban J connectivity index is 1.42. The van der Waals surface area contributed by atoms with Crippen LogP contribution in [0.1, 0.15) is 27.0 Å². The molecule has 1 unspecified atom stereocenters. The quantitative estimate of drug-likeness (QED) is 0.0999. The number of halogens is 1. The molecule has 3 aliphatic rings. The number of nitrogens with one attached hydrogen (secondary N) is 2. The minimum Gasteiger partial charge on any atom is -0.381 e. The first-order chi connectivity index (χ1) is 21.4. The van der Waals surface area contributed by atoms with E-state index in [0.717, 1.165) is 6.07 Å². The molecule has 2 fully saturated rings. The van der Waals surface area contributed by atoms with Crippen molar-refractivity contribution in [3.8, 4) is 0 Å². The summed E-state index contributed by atoms with van der Waals surface area (Å²) in [5.41, 5.74) is -4.99. The monoisotopic (exact) mass is 674 g/mol. The van der Waals surface area contributed by atoms with Crippen LogP contribution in [0, 0.1) is 5.82 Å². The highest BCUT2D eigenvalue weighted by atomic mass is 19.1. The molecule has 2 aromatic rings. The molecule has 0 saturated carbocycles. The molecule has 5 rings (SSSR count). The van der Waals surface area contributed by atoms with E-state index in [9.17, 15) is 80.8 Å². The highest BCUT2D eigenvalue weighted by molar-refractivity contribution is 6.10. The van der Waals surface area contributed by atoms with E-state index in [-0.39, 0.29) is 27.3 Å². The Morgan fingerprint density at radius 2 is 1.34 bits per heavy atom. The van der Waals surface area contributed by atoms with E-state index in [1.807, 2.05) is 0 Å². The zero-order valence-electron chi connectivity index (χ0n) is 23.3. The lowest BCUT2D eigenvalue weighted by Gasteiger charge is -2.55. The van der Waals surface area contributed by atoms with Gasteiger partial charge < -0.3 is 71.7 Å². The smallest absolute Gasteiger partial charge is 0.356 e. The number of amides is 3. The van der Waals surface area contributed by atoms with Crippen molar-refractivity contribution in [3.63, 3.8) is 0 Å². The molecule has 0 aliphatic carbocycles. The fraction of sp³-hybridized carbons (Fsp3) is 0.400. The molecule has 3 aliphatic heterocycles. The molecule has 0 bridgehead atoms. The Bertz CT molecular complexity index is 1650. The summed E-state index contributed by atoms with van der Waals surface area (Å²) >= 11 is 0. The number of morpholine rings is 1. The third-order valence-corrected chi connectivity index (χ3v) is 8.06. The van der Waals surface area contributed by atoms with Gasteiger partial charge >= 0.3 is 29.6 Å². The first kappa shape index (κ1) is 34.5. The van der Waals surface area contributed by atoms with Crippen LogP contribution in [-0.4, -0.2) is 135 Å². The van der Waals surface area contributed by atoms with Gasteiger partial charge in [0, 0.05) is 41.0 Å². The third kappa shape index (κ3) is 4.64. The lowest BCUT2D eigenvalue weighted by Crippen LogP contribution is -2.85. The van der Waals surface area contributed by atoms with Crippen LogP contribution in [0.25, 0.3) is 0 Å². The van der Waals surface area contributed by atoms with Crippen LogP contribution in [0.3, 0.4) is 0 Å². The lowest BCUT2D eigenvalue weighted by atomic mass is 9.86. The average Bonchev–Trinajstić information content (AvgIpc) is 3.30. The summed E-state index contributed by atoms with van der Waals surface area (Å²) in [6, 6.07) is 7.10. The van der Waals surface area contributed by atoms with Crippen LogP contribution in [0.4, 0.5) is 10.1 Å². The molecule has 47 heavy (non-hydrogen) atoms. The first-order valence-corrected chi connectivity index (χ1v) is 13.0. The molecular weight excluding hydrogens is 647 g/mol. The number of imide groups is 1. The zero-order chi connectivity index (χ0) is 35.3.